The molecule has 0 bridgehead atoms. The van der Waals surface area contributed by atoms with E-state index in [9.17, 15) is 4.79 Å². The highest BCUT2D eigenvalue weighted by molar-refractivity contribution is 5.76. The number of aliphatic hydroxyl groups is 2. The average molecular weight is 148 g/mol. The van der Waals surface area contributed by atoms with Crippen LogP contribution in [0.3, 0.4) is 0 Å². The highest BCUT2D eigenvalue weighted by Gasteiger charge is 2.35. The summed E-state index contributed by atoms with van der Waals surface area (Å²) in [5.74, 6) is -1.96. The van der Waals surface area contributed by atoms with Crippen molar-refractivity contribution in [3.05, 3.63) is 0 Å². The molecule has 2 atom stereocenters. The lowest BCUT2D eigenvalue weighted by Crippen LogP contribution is -2.43. The molecule has 0 radical (unpaired) electrons. The second-order valence-corrected chi connectivity index (χ2v) is 2.54. The van der Waals surface area contributed by atoms with Crippen LogP contribution >= 0.6 is 0 Å². The molecule has 0 aliphatic rings. The maximum atomic E-state index is 10.3. The van der Waals surface area contributed by atoms with Crippen molar-refractivity contribution in [2.24, 2.45) is 5.92 Å². The lowest BCUT2D eigenvalue weighted by molar-refractivity contribution is -0.163. The predicted molar refractivity (Wildman–Crippen MR) is 34.5 cm³/mol. The molecular formula is C6H12O4. The van der Waals surface area contributed by atoms with E-state index in [-0.39, 0.29) is 6.61 Å². The molecule has 3 N–H and O–H groups in total. The van der Waals surface area contributed by atoms with E-state index in [0.29, 0.717) is 0 Å². The Balaban J connectivity index is 4.23. The third-order valence-corrected chi connectivity index (χ3v) is 1.67. The first-order valence-corrected chi connectivity index (χ1v) is 2.99. The summed E-state index contributed by atoms with van der Waals surface area (Å²) < 4.78 is 0. The van der Waals surface area contributed by atoms with Gasteiger partial charge in [0.25, 0.3) is 0 Å². The number of hydrogen-bond donors (Lipinski definition) is 3. The third-order valence-electron chi connectivity index (χ3n) is 1.67. The molecule has 0 aromatic heterocycles. The number of carboxylic acid groups (broad SMARTS) is 1. The fourth-order valence-electron chi connectivity index (χ4n) is 0.389. The number of carbonyl (C=O) groups is 1. The summed E-state index contributed by atoms with van der Waals surface area (Å²) >= 11 is 0. The molecule has 0 aromatic rings. The molecule has 0 heterocycles. The van der Waals surface area contributed by atoms with Crippen LogP contribution in [-0.4, -0.2) is 33.5 Å². The molecule has 0 aliphatic carbocycles. The Morgan fingerprint density at radius 3 is 2.20 bits per heavy atom. The second-order valence-electron chi connectivity index (χ2n) is 2.54. The maximum absolute atomic E-state index is 10.3. The monoisotopic (exact) mass is 148 g/mol. The van der Waals surface area contributed by atoms with Crippen molar-refractivity contribution in [3.8, 4) is 0 Å². The number of hydrogen-bond acceptors (Lipinski definition) is 3. The molecule has 0 saturated heterocycles. The molecule has 0 spiro atoms. The Labute approximate surface area is 59.1 Å². The molecule has 2 unspecified atom stereocenters. The minimum atomic E-state index is -1.82. The zero-order valence-electron chi connectivity index (χ0n) is 6.03. The van der Waals surface area contributed by atoms with Crippen LogP contribution in [0.5, 0.6) is 0 Å². The van der Waals surface area contributed by atoms with E-state index >= 15 is 0 Å². The summed E-state index contributed by atoms with van der Waals surface area (Å²) in [5, 5.41) is 26.0. The largest absolute Gasteiger partial charge is 0.479 e. The average Bonchev–Trinajstić information content (AvgIpc) is 1.86. The van der Waals surface area contributed by atoms with Crippen LogP contribution in [0.2, 0.25) is 0 Å². The van der Waals surface area contributed by atoms with Gasteiger partial charge >= 0.3 is 5.97 Å². The van der Waals surface area contributed by atoms with Crippen LogP contribution in [-0.2, 0) is 4.79 Å². The molecule has 0 saturated carbocycles. The van der Waals surface area contributed by atoms with E-state index in [1.54, 1.807) is 0 Å². The summed E-state index contributed by atoms with van der Waals surface area (Å²) in [7, 11) is 0. The molecule has 10 heavy (non-hydrogen) atoms. The number of rotatable bonds is 3. The summed E-state index contributed by atoms with van der Waals surface area (Å²) in [6, 6.07) is 0. The zero-order valence-corrected chi connectivity index (χ0v) is 6.03. The molecule has 0 amide bonds. The highest BCUT2D eigenvalue weighted by atomic mass is 16.4. The van der Waals surface area contributed by atoms with Crippen molar-refractivity contribution in [1.29, 1.82) is 0 Å². The first-order chi connectivity index (χ1) is 4.42. The predicted octanol–water partition coefficient (Wildman–Crippen LogP) is -0.550. The van der Waals surface area contributed by atoms with Crippen LogP contribution in [0, 0.1) is 5.92 Å². The van der Waals surface area contributed by atoms with Crippen molar-refractivity contribution in [1.82, 2.24) is 0 Å². The van der Waals surface area contributed by atoms with Gasteiger partial charge in [-0.15, -0.1) is 0 Å². The quantitative estimate of drug-likeness (QED) is 0.502. The van der Waals surface area contributed by atoms with Crippen LogP contribution in [0.4, 0.5) is 0 Å². The fourth-order valence-corrected chi connectivity index (χ4v) is 0.389. The Morgan fingerprint density at radius 1 is 1.70 bits per heavy atom. The molecule has 0 aromatic carbocycles. The first-order valence-electron chi connectivity index (χ1n) is 2.99. The van der Waals surface area contributed by atoms with Crippen molar-refractivity contribution in [3.63, 3.8) is 0 Å². The highest BCUT2D eigenvalue weighted by Crippen LogP contribution is 2.15. The minimum Gasteiger partial charge on any atom is -0.479 e. The van der Waals surface area contributed by atoms with Gasteiger partial charge in [-0.1, -0.05) is 6.92 Å². The number of carboxylic acids is 1. The third kappa shape index (κ3) is 1.68. The molecular weight excluding hydrogens is 136 g/mol. The van der Waals surface area contributed by atoms with E-state index < -0.39 is 17.5 Å². The lowest BCUT2D eigenvalue weighted by atomic mass is 9.92. The van der Waals surface area contributed by atoms with Crippen molar-refractivity contribution in [2.45, 2.75) is 19.4 Å². The Morgan fingerprint density at radius 2 is 2.10 bits per heavy atom. The molecule has 4 heteroatoms. The summed E-state index contributed by atoms with van der Waals surface area (Å²) in [5.41, 5.74) is -1.82. The van der Waals surface area contributed by atoms with E-state index in [4.69, 9.17) is 15.3 Å². The topological polar surface area (TPSA) is 77.8 Å². The van der Waals surface area contributed by atoms with Crippen molar-refractivity contribution in [2.75, 3.05) is 6.61 Å². The van der Waals surface area contributed by atoms with Gasteiger partial charge in [-0.2, -0.15) is 0 Å². The second kappa shape index (κ2) is 2.98. The Bertz CT molecular complexity index is 130. The number of aliphatic hydroxyl groups excluding tert-OH is 1. The van der Waals surface area contributed by atoms with Crippen LogP contribution in [0.25, 0.3) is 0 Å². The molecule has 0 rings (SSSR count). The SMILES string of the molecule is CC(CO)C(C)(O)C(=O)O. The van der Waals surface area contributed by atoms with Gasteiger partial charge in [-0.05, 0) is 6.92 Å². The molecule has 60 valence electrons. The summed E-state index contributed by atoms with van der Waals surface area (Å²) in [6.07, 6.45) is 0. The minimum absolute atomic E-state index is 0.334. The van der Waals surface area contributed by atoms with Gasteiger partial charge in [-0.25, -0.2) is 4.79 Å². The summed E-state index contributed by atoms with van der Waals surface area (Å²) in [4.78, 5) is 10.3. The molecule has 0 fully saturated rings. The fraction of sp³-hybridized carbons (Fsp3) is 0.833. The van der Waals surface area contributed by atoms with Gasteiger partial charge in [0.15, 0.2) is 5.60 Å². The van der Waals surface area contributed by atoms with Crippen LogP contribution in [0.15, 0.2) is 0 Å². The van der Waals surface area contributed by atoms with Gasteiger partial charge in [0.2, 0.25) is 0 Å². The standard InChI is InChI=1S/C6H12O4/c1-4(3-7)6(2,10)5(8)9/h4,7,10H,3H2,1-2H3,(H,8,9). The maximum Gasteiger partial charge on any atom is 0.335 e. The first kappa shape index (κ1) is 9.39. The number of aliphatic carboxylic acids is 1. The van der Waals surface area contributed by atoms with E-state index in [1.165, 1.54) is 6.92 Å². The van der Waals surface area contributed by atoms with Crippen molar-refractivity contribution < 1.29 is 20.1 Å². The van der Waals surface area contributed by atoms with Gasteiger partial charge < -0.3 is 15.3 Å². The van der Waals surface area contributed by atoms with Gasteiger partial charge in [-0.3, -0.25) is 0 Å². The normalized spacial score (nSPS) is 19.6. The molecule has 4 nitrogen and oxygen atoms in total. The molecule has 0 aliphatic heterocycles. The van der Waals surface area contributed by atoms with Crippen molar-refractivity contribution >= 4 is 5.97 Å². The zero-order chi connectivity index (χ0) is 8.36. The Hall–Kier alpha value is -0.610. The van der Waals surface area contributed by atoms with Crippen LogP contribution in [0.1, 0.15) is 13.8 Å². The van der Waals surface area contributed by atoms with E-state index in [0.717, 1.165) is 6.92 Å². The van der Waals surface area contributed by atoms with Gasteiger partial charge in [0.05, 0.1) is 0 Å². The Kier molecular flexibility index (Phi) is 2.80. The van der Waals surface area contributed by atoms with Crippen LogP contribution < -0.4 is 0 Å². The lowest BCUT2D eigenvalue weighted by Gasteiger charge is -2.23. The van der Waals surface area contributed by atoms with Gasteiger partial charge in [0, 0.05) is 12.5 Å². The smallest absolute Gasteiger partial charge is 0.335 e. The van der Waals surface area contributed by atoms with E-state index in [2.05, 4.69) is 0 Å². The van der Waals surface area contributed by atoms with Gasteiger partial charge in [0.1, 0.15) is 0 Å². The van der Waals surface area contributed by atoms with E-state index in [1.807, 2.05) is 0 Å². The summed E-state index contributed by atoms with van der Waals surface area (Å²) in [6.45, 7) is 2.30.